The lowest BCUT2D eigenvalue weighted by molar-refractivity contribution is -0.129. The van der Waals surface area contributed by atoms with E-state index in [0.717, 1.165) is 37.7 Å². The summed E-state index contributed by atoms with van der Waals surface area (Å²) in [6.45, 7) is 12.4. The second-order valence-electron chi connectivity index (χ2n) is 14.3. The van der Waals surface area contributed by atoms with Gasteiger partial charge in [-0.05, 0) is 81.0 Å². The minimum atomic E-state index is -0.938. The van der Waals surface area contributed by atoms with Gasteiger partial charge in [0.15, 0.2) is 0 Å². The Labute approximate surface area is 250 Å². The van der Waals surface area contributed by atoms with Gasteiger partial charge in [-0.25, -0.2) is 4.79 Å². The summed E-state index contributed by atoms with van der Waals surface area (Å²) in [5.41, 5.74) is 1.62. The van der Waals surface area contributed by atoms with Crippen LogP contribution in [0.3, 0.4) is 0 Å². The molecule has 2 aromatic rings. The van der Waals surface area contributed by atoms with Crippen LogP contribution in [0.5, 0.6) is 0 Å². The Hall–Kier alpha value is -3.42. The van der Waals surface area contributed by atoms with Crippen LogP contribution in [0.2, 0.25) is 0 Å². The zero-order chi connectivity index (χ0) is 30.2. The van der Waals surface area contributed by atoms with E-state index in [2.05, 4.69) is 31.1 Å². The van der Waals surface area contributed by atoms with E-state index in [1.807, 2.05) is 51.1 Å². The van der Waals surface area contributed by atoms with Crippen LogP contribution < -0.4 is 10.2 Å². The van der Waals surface area contributed by atoms with Gasteiger partial charge in [0.2, 0.25) is 5.91 Å². The maximum atomic E-state index is 14.8. The summed E-state index contributed by atoms with van der Waals surface area (Å²) in [5, 5.41) is 3.27. The number of nitrogens with zero attached hydrogens (tertiary/aromatic N) is 3. The van der Waals surface area contributed by atoms with Crippen LogP contribution in [0.4, 0.5) is 10.5 Å². The number of anilines is 1. The lowest BCUT2D eigenvalue weighted by Crippen LogP contribution is -2.55. The monoisotopic (exact) mass is 574 g/mol. The predicted molar refractivity (Wildman–Crippen MR) is 163 cm³/mol. The Balaban J connectivity index is 1.56. The van der Waals surface area contributed by atoms with Crippen molar-refractivity contribution >= 4 is 23.6 Å². The normalized spacial score (nSPS) is 23.1. The quantitative estimate of drug-likeness (QED) is 0.446. The molecule has 0 spiro atoms. The minimum absolute atomic E-state index is 0.0531. The van der Waals surface area contributed by atoms with Crippen molar-refractivity contribution in [3.8, 4) is 0 Å². The van der Waals surface area contributed by atoms with Crippen LogP contribution in [0.15, 0.2) is 48.8 Å². The van der Waals surface area contributed by atoms with Crippen molar-refractivity contribution in [2.24, 2.45) is 11.8 Å². The van der Waals surface area contributed by atoms with Crippen LogP contribution in [-0.2, 0) is 19.7 Å². The Morgan fingerprint density at radius 1 is 1.00 bits per heavy atom. The van der Waals surface area contributed by atoms with Crippen LogP contribution in [0, 0.1) is 11.8 Å². The summed E-state index contributed by atoms with van der Waals surface area (Å²) >= 11 is 0. The molecular formula is C34H46N4O4. The first kappa shape index (κ1) is 30.1. The molecule has 2 heterocycles. The lowest BCUT2D eigenvalue weighted by atomic mass is 9.87. The van der Waals surface area contributed by atoms with E-state index < -0.39 is 23.8 Å². The summed E-state index contributed by atoms with van der Waals surface area (Å²) in [6.07, 6.45) is 8.92. The van der Waals surface area contributed by atoms with Gasteiger partial charge in [0.05, 0.1) is 0 Å². The molecular weight excluding hydrogens is 528 g/mol. The molecule has 1 aromatic heterocycles. The van der Waals surface area contributed by atoms with Gasteiger partial charge in [-0.2, -0.15) is 0 Å². The van der Waals surface area contributed by atoms with Gasteiger partial charge in [-0.1, -0.05) is 58.2 Å². The van der Waals surface area contributed by atoms with Crippen LogP contribution in [-0.4, -0.2) is 52.0 Å². The molecule has 8 heteroatoms. The number of hydrogen-bond donors (Lipinski definition) is 1. The fourth-order valence-electron chi connectivity index (χ4n) is 6.44. The van der Waals surface area contributed by atoms with Crippen molar-refractivity contribution in [2.45, 2.75) is 109 Å². The number of carbonyl (C=O) groups excluding carboxylic acids is 3. The third-order valence-electron chi connectivity index (χ3n) is 8.74. The van der Waals surface area contributed by atoms with Crippen LogP contribution in [0.1, 0.15) is 97.2 Å². The zero-order valence-electron chi connectivity index (χ0n) is 25.9. The van der Waals surface area contributed by atoms with Crippen molar-refractivity contribution in [3.63, 3.8) is 0 Å². The molecule has 42 heavy (non-hydrogen) atoms. The molecule has 1 aromatic carbocycles. The standard InChI is InChI=1S/C34H46N4O4/c1-33(2,3)24-14-16-26(17-15-24)38(31(40)29-27-19-23(27)21-37(29)32(41)42-34(4,5)6)28(22-11-10-18-35-20-22)30(39)36-25-12-8-7-9-13-25/h10-11,14-18,20,23,25,27-29H,7-9,12-13,19,21H2,1-6H3,(H,36,39). The number of fused-ring (bicyclic) bond motifs is 1. The summed E-state index contributed by atoms with van der Waals surface area (Å²) in [4.78, 5) is 49.9. The SMILES string of the molecule is CC(C)(C)OC(=O)N1CC2CC2C1C(=O)N(c1ccc(C(C)(C)C)cc1)C(C(=O)NC1CCCCC1)c1cccnc1. The summed E-state index contributed by atoms with van der Waals surface area (Å²) in [5.74, 6) is -0.166. The van der Waals surface area contributed by atoms with E-state index in [-0.39, 0.29) is 35.1 Å². The maximum Gasteiger partial charge on any atom is 0.410 e. The molecule has 4 unspecified atom stereocenters. The number of aromatic nitrogens is 1. The van der Waals surface area contributed by atoms with Crippen molar-refractivity contribution in [1.82, 2.24) is 15.2 Å². The highest BCUT2D eigenvalue weighted by Crippen LogP contribution is 2.51. The Kier molecular flexibility index (Phi) is 8.37. The largest absolute Gasteiger partial charge is 0.444 e. The van der Waals surface area contributed by atoms with E-state index >= 15 is 0 Å². The number of carbonyl (C=O) groups is 3. The van der Waals surface area contributed by atoms with Crippen molar-refractivity contribution in [3.05, 3.63) is 59.9 Å². The number of hydrogen-bond acceptors (Lipinski definition) is 5. The van der Waals surface area contributed by atoms with Crippen molar-refractivity contribution in [2.75, 3.05) is 11.4 Å². The summed E-state index contributed by atoms with van der Waals surface area (Å²) in [6, 6.07) is 9.97. The molecule has 2 saturated carbocycles. The van der Waals surface area contributed by atoms with Gasteiger partial charge in [-0.3, -0.25) is 24.4 Å². The van der Waals surface area contributed by atoms with E-state index in [0.29, 0.717) is 17.8 Å². The van der Waals surface area contributed by atoms with Crippen LogP contribution in [0.25, 0.3) is 0 Å². The molecule has 1 N–H and O–H groups in total. The highest BCUT2D eigenvalue weighted by atomic mass is 16.6. The highest BCUT2D eigenvalue weighted by Gasteiger charge is 2.59. The zero-order valence-corrected chi connectivity index (χ0v) is 25.9. The molecule has 226 valence electrons. The minimum Gasteiger partial charge on any atom is -0.444 e. The third kappa shape index (κ3) is 6.63. The molecule has 3 aliphatic rings. The lowest BCUT2D eigenvalue weighted by Gasteiger charge is -2.37. The van der Waals surface area contributed by atoms with Gasteiger partial charge >= 0.3 is 6.09 Å². The van der Waals surface area contributed by atoms with Gasteiger partial charge < -0.3 is 10.1 Å². The fourth-order valence-corrected chi connectivity index (χ4v) is 6.44. The highest BCUT2D eigenvalue weighted by molar-refractivity contribution is 6.05. The Morgan fingerprint density at radius 2 is 1.69 bits per heavy atom. The van der Waals surface area contributed by atoms with Crippen molar-refractivity contribution in [1.29, 1.82) is 0 Å². The summed E-state index contributed by atoms with van der Waals surface area (Å²) < 4.78 is 5.73. The van der Waals surface area contributed by atoms with E-state index in [4.69, 9.17) is 4.74 Å². The number of benzene rings is 1. The first-order valence-electron chi connectivity index (χ1n) is 15.5. The number of amides is 3. The molecule has 3 fully saturated rings. The molecule has 5 rings (SSSR count). The first-order valence-corrected chi connectivity index (χ1v) is 15.5. The molecule has 2 aliphatic carbocycles. The topological polar surface area (TPSA) is 91.8 Å². The third-order valence-corrected chi connectivity index (χ3v) is 8.74. The summed E-state index contributed by atoms with van der Waals surface area (Å²) in [7, 11) is 0. The Bertz CT molecular complexity index is 1280. The smallest absolute Gasteiger partial charge is 0.410 e. The second kappa shape index (κ2) is 11.7. The number of rotatable bonds is 6. The average Bonchev–Trinajstić information content (AvgIpc) is 3.60. The fraction of sp³-hybridized carbons (Fsp3) is 0.588. The maximum absolute atomic E-state index is 14.8. The molecule has 3 amide bonds. The number of nitrogens with one attached hydrogen (secondary N) is 1. The van der Waals surface area contributed by atoms with Gasteiger partial charge in [-0.15, -0.1) is 0 Å². The van der Waals surface area contributed by atoms with Gasteiger partial charge in [0.25, 0.3) is 5.91 Å². The average molecular weight is 575 g/mol. The van der Waals surface area contributed by atoms with E-state index in [9.17, 15) is 14.4 Å². The molecule has 4 atom stereocenters. The van der Waals surface area contributed by atoms with Crippen LogP contribution >= 0.6 is 0 Å². The molecule has 0 radical (unpaired) electrons. The second-order valence-corrected chi connectivity index (χ2v) is 14.3. The molecule has 1 saturated heterocycles. The molecule has 0 bridgehead atoms. The Morgan fingerprint density at radius 3 is 2.29 bits per heavy atom. The van der Waals surface area contributed by atoms with E-state index in [1.54, 1.807) is 28.3 Å². The number of ether oxygens (including phenoxy) is 1. The van der Waals surface area contributed by atoms with Gasteiger partial charge in [0, 0.05) is 36.2 Å². The van der Waals surface area contributed by atoms with Gasteiger partial charge in [0.1, 0.15) is 17.7 Å². The first-order chi connectivity index (χ1) is 19.8. The number of pyridine rings is 1. The number of piperidine rings is 1. The molecule has 8 nitrogen and oxygen atoms in total. The van der Waals surface area contributed by atoms with Crippen molar-refractivity contribution < 1.29 is 19.1 Å². The van der Waals surface area contributed by atoms with E-state index in [1.165, 1.54) is 6.42 Å². The molecule has 1 aliphatic heterocycles. The number of likely N-dealkylation sites (tertiary alicyclic amines) is 1. The predicted octanol–water partition coefficient (Wildman–Crippen LogP) is 6.16.